The summed E-state index contributed by atoms with van der Waals surface area (Å²) >= 11 is 0. The van der Waals surface area contributed by atoms with Crippen molar-refractivity contribution in [3.05, 3.63) is 29.6 Å². The van der Waals surface area contributed by atoms with E-state index in [1.807, 2.05) is 12.1 Å². The van der Waals surface area contributed by atoms with Gasteiger partial charge in [0.05, 0.1) is 0 Å². The maximum atomic E-state index is 9.01. The molecule has 2 heterocycles. The first kappa shape index (κ1) is 13.0. The molecule has 1 aliphatic heterocycles. The second-order valence-electron chi connectivity index (χ2n) is 4.99. The number of piperidine rings is 1. The second-order valence-corrected chi connectivity index (χ2v) is 4.99. The molecule has 2 rings (SSSR count). The van der Waals surface area contributed by atoms with Crippen molar-refractivity contribution in [3.8, 4) is 6.07 Å². The lowest BCUT2D eigenvalue weighted by atomic mass is 10.00. The molecule has 0 saturated carbocycles. The van der Waals surface area contributed by atoms with Crippen LogP contribution in [0.2, 0.25) is 0 Å². The van der Waals surface area contributed by atoms with E-state index >= 15 is 0 Å². The van der Waals surface area contributed by atoms with E-state index < -0.39 is 0 Å². The van der Waals surface area contributed by atoms with Crippen LogP contribution < -0.4 is 5.43 Å². The lowest BCUT2D eigenvalue weighted by molar-refractivity contribution is 0.0435. The van der Waals surface area contributed by atoms with Gasteiger partial charge in [-0.05, 0) is 32.8 Å². The van der Waals surface area contributed by atoms with Gasteiger partial charge in [0, 0.05) is 30.4 Å². The Morgan fingerprint density at radius 3 is 2.83 bits per heavy atom. The predicted molar refractivity (Wildman–Crippen MR) is 70.4 cm³/mol. The van der Waals surface area contributed by atoms with Crippen LogP contribution in [0.15, 0.2) is 18.3 Å². The van der Waals surface area contributed by atoms with Gasteiger partial charge in [0.25, 0.3) is 0 Å². The lowest BCUT2D eigenvalue weighted by Gasteiger charge is -2.39. The minimum Gasteiger partial charge on any atom is -0.250 e. The first-order valence-corrected chi connectivity index (χ1v) is 6.58. The first-order chi connectivity index (χ1) is 8.72. The number of nitrogens with one attached hydrogen (secondary N) is 1. The Morgan fingerprint density at radius 2 is 2.17 bits per heavy atom. The molecule has 1 aromatic heterocycles. The molecule has 1 aromatic rings. The van der Waals surface area contributed by atoms with Crippen molar-refractivity contribution in [1.29, 1.82) is 5.26 Å². The average molecular weight is 244 g/mol. The molecule has 0 spiro atoms. The van der Waals surface area contributed by atoms with Crippen LogP contribution in [0.1, 0.15) is 44.4 Å². The standard InChI is InChI=1S/C14H20N4/c1-11-5-3-6-12(2)18(11)17-10-13-7-4-8-16-14(13)9-15/h4,7-8,11-12,17H,3,5-6,10H2,1-2H3. The van der Waals surface area contributed by atoms with Gasteiger partial charge in [0.15, 0.2) is 0 Å². The molecule has 4 heteroatoms. The fourth-order valence-electron chi connectivity index (χ4n) is 2.59. The zero-order valence-corrected chi connectivity index (χ0v) is 11.1. The van der Waals surface area contributed by atoms with E-state index in [4.69, 9.17) is 5.26 Å². The molecule has 18 heavy (non-hydrogen) atoms. The summed E-state index contributed by atoms with van der Waals surface area (Å²) in [6.07, 6.45) is 5.43. The van der Waals surface area contributed by atoms with Gasteiger partial charge >= 0.3 is 0 Å². The number of nitrogens with zero attached hydrogens (tertiary/aromatic N) is 3. The highest BCUT2D eigenvalue weighted by Crippen LogP contribution is 2.20. The minimum atomic E-state index is 0.516. The van der Waals surface area contributed by atoms with Gasteiger partial charge < -0.3 is 0 Å². The van der Waals surface area contributed by atoms with E-state index in [2.05, 4.69) is 35.3 Å². The van der Waals surface area contributed by atoms with E-state index in [0.717, 1.165) is 5.56 Å². The predicted octanol–water partition coefficient (Wildman–Crippen LogP) is 2.22. The highest BCUT2D eigenvalue weighted by Gasteiger charge is 2.24. The Labute approximate surface area is 109 Å². The normalized spacial score (nSPS) is 24.7. The Balaban J connectivity index is 2.00. The molecule has 1 saturated heterocycles. The van der Waals surface area contributed by atoms with Gasteiger partial charge in [-0.25, -0.2) is 9.99 Å². The van der Waals surface area contributed by atoms with E-state index in [9.17, 15) is 0 Å². The van der Waals surface area contributed by atoms with Crippen molar-refractivity contribution in [2.45, 2.75) is 51.7 Å². The summed E-state index contributed by atoms with van der Waals surface area (Å²) in [7, 11) is 0. The van der Waals surface area contributed by atoms with E-state index in [1.165, 1.54) is 19.3 Å². The monoisotopic (exact) mass is 244 g/mol. The number of pyridine rings is 1. The Hall–Kier alpha value is -1.44. The van der Waals surface area contributed by atoms with Crippen molar-refractivity contribution in [2.75, 3.05) is 0 Å². The number of hydrazine groups is 1. The summed E-state index contributed by atoms with van der Waals surface area (Å²) < 4.78 is 0. The Kier molecular flexibility index (Phi) is 4.29. The fourth-order valence-corrected chi connectivity index (χ4v) is 2.59. The fraction of sp³-hybridized carbons (Fsp3) is 0.571. The number of rotatable bonds is 3. The summed E-state index contributed by atoms with van der Waals surface area (Å²) in [4.78, 5) is 4.08. The zero-order chi connectivity index (χ0) is 13.0. The van der Waals surface area contributed by atoms with Crippen LogP contribution in [0.3, 0.4) is 0 Å². The van der Waals surface area contributed by atoms with Crippen molar-refractivity contribution in [1.82, 2.24) is 15.4 Å². The molecule has 1 aliphatic rings. The van der Waals surface area contributed by atoms with E-state index in [-0.39, 0.29) is 0 Å². The molecule has 4 nitrogen and oxygen atoms in total. The van der Waals surface area contributed by atoms with Gasteiger partial charge in [-0.3, -0.25) is 5.43 Å². The van der Waals surface area contributed by atoms with E-state index in [1.54, 1.807) is 6.20 Å². The van der Waals surface area contributed by atoms with Gasteiger partial charge in [0.1, 0.15) is 11.8 Å². The number of nitriles is 1. The van der Waals surface area contributed by atoms with Crippen molar-refractivity contribution in [2.24, 2.45) is 0 Å². The maximum absolute atomic E-state index is 9.01. The summed E-state index contributed by atoms with van der Waals surface area (Å²) in [6.45, 7) is 5.17. The molecule has 0 amide bonds. The Bertz CT molecular complexity index is 428. The molecule has 2 unspecified atom stereocenters. The van der Waals surface area contributed by atoms with Gasteiger partial charge in [0.2, 0.25) is 0 Å². The first-order valence-electron chi connectivity index (χ1n) is 6.58. The van der Waals surface area contributed by atoms with Crippen LogP contribution in [0.5, 0.6) is 0 Å². The molecular formula is C14H20N4. The van der Waals surface area contributed by atoms with Gasteiger partial charge in [-0.1, -0.05) is 12.5 Å². The molecule has 0 bridgehead atoms. The number of aromatic nitrogens is 1. The summed E-state index contributed by atoms with van der Waals surface area (Å²) in [5.41, 5.74) is 4.93. The summed E-state index contributed by atoms with van der Waals surface area (Å²) in [6, 6.07) is 7.07. The molecule has 1 fully saturated rings. The van der Waals surface area contributed by atoms with Crippen LogP contribution in [0, 0.1) is 11.3 Å². The second kappa shape index (κ2) is 5.94. The highest BCUT2D eigenvalue weighted by atomic mass is 15.5. The van der Waals surface area contributed by atoms with Gasteiger partial charge in [-0.2, -0.15) is 5.26 Å². The molecular weight excluding hydrogens is 224 g/mol. The van der Waals surface area contributed by atoms with Crippen LogP contribution in [-0.4, -0.2) is 22.1 Å². The van der Waals surface area contributed by atoms with Gasteiger partial charge in [-0.15, -0.1) is 0 Å². The van der Waals surface area contributed by atoms with Crippen LogP contribution in [0.4, 0.5) is 0 Å². The average Bonchev–Trinajstić information content (AvgIpc) is 2.38. The van der Waals surface area contributed by atoms with E-state index in [0.29, 0.717) is 24.3 Å². The molecule has 0 radical (unpaired) electrons. The van der Waals surface area contributed by atoms with Crippen LogP contribution >= 0.6 is 0 Å². The van der Waals surface area contributed by atoms with Crippen molar-refractivity contribution < 1.29 is 0 Å². The molecule has 96 valence electrons. The smallest absolute Gasteiger partial charge is 0.144 e. The quantitative estimate of drug-likeness (QED) is 0.885. The zero-order valence-electron chi connectivity index (χ0n) is 11.1. The van der Waals surface area contributed by atoms with Crippen LogP contribution in [-0.2, 0) is 6.54 Å². The summed E-state index contributed by atoms with van der Waals surface area (Å²) in [5, 5.41) is 11.3. The third kappa shape index (κ3) is 2.87. The lowest BCUT2D eigenvalue weighted by Crippen LogP contribution is -2.51. The largest absolute Gasteiger partial charge is 0.250 e. The van der Waals surface area contributed by atoms with Crippen molar-refractivity contribution in [3.63, 3.8) is 0 Å². The summed E-state index contributed by atoms with van der Waals surface area (Å²) in [5.74, 6) is 0. The molecule has 0 aromatic carbocycles. The molecule has 1 N–H and O–H groups in total. The third-order valence-electron chi connectivity index (χ3n) is 3.64. The topological polar surface area (TPSA) is 52.0 Å². The Morgan fingerprint density at radius 1 is 1.44 bits per heavy atom. The third-order valence-corrected chi connectivity index (χ3v) is 3.64. The van der Waals surface area contributed by atoms with Crippen LogP contribution in [0.25, 0.3) is 0 Å². The minimum absolute atomic E-state index is 0.516. The molecule has 0 aliphatic carbocycles. The SMILES string of the molecule is CC1CCCC(C)N1NCc1cccnc1C#N. The highest BCUT2D eigenvalue weighted by molar-refractivity contribution is 5.30. The van der Waals surface area contributed by atoms with Crippen molar-refractivity contribution >= 4 is 0 Å². The molecule has 2 atom stereocenters. The number of hydrogen-bond donors (Lipinski definition) is 1. The maximum Gasteiger partial charge on any atom is 0.144 e. The number of hydrogen-bond acceptors (Lipinski definition) is 4.